The zero-order chi connectivity index (χ0) is 13.1. The Labute approximate surface area is 121 Å². The molecule has 0 aliphatic carbocycles. The predicted octanol–water partition coefficient (Wildman–Crippen LogP) is 4.66. The minimum Gasteiger partial charge on any atom is -0.380 e. The normalized spacial score (nSPS) is 10.4. The van der Waals surface area contributed by atoms with E-state index in [0.29, 0.717) is 10.1 Å². The number of anilines is 1. The lowest BCUT2D eigenvalue weighted by atomic mass is 10.1. The summed E-state index contributed by atoms with van der Waals surface area (Å²) in [5.41, 5.74) is 4.56. The number of rotatable bonds is 3. The summed E-state index contributed by atoms with van der Waals surface area (Å²) in [6, 6.07) is 11.5. The van der Waals surface area contributed by atoms with E-state index in [1.807, 2.05) is 28.7 Å². The van der Waals surface area contributed by atoms with Gasteiger partial charge in [0.25, 0.3) is 0 Å². The fourth-order valence-corrected chi connectivity index (χ4v) is 2.56. The van der Waals surface area contributed by atoms with Gasteiger partial charge in [-0.3, -0.25) is 0 Å². The number of halogens is 2. The molecular formula is C15H15FIN. The van der Waals surface area contributed by atoms with Crippen molar-refractivity contribution in [3.8, 4) is 0 Å². The molecule has 3 heteroatoms. The van der Waals surface area contributed by atoms with Crippen LogP contribution in [0.1, 0.15) is 16.7 Å². The third-order valence-corrected chi connectivity index (χ3v) is 3.81. The van der Waals surface area contributed by atoms with Crippen molar-refractivity contribution in [2.75, 3.05) is 5.32 Å². The molecule has 0 saturated carbocycles. The third-order valence-electron chi connectivity index (χ3n) is 2.72. The van der Waals surface area contributed by atoms with Crippen molar-refractivity contribution in [3.05, 3.63) is 62.5 Å². The Morgan fingerprint density at radius 2 is 1.78 bits per heavy atom. The Morgan fingerprint density at radius 3 is 2.44 bits per heavy atom. The molecule has 0 saturated heterocycles. The fourth-order valence-electron chi connectivity index (χ4n) is 2.01. The summed E-state index contributed by atoms with van der Waals surface area (Å²) in [7, 11) is 0. The van der Waals surface area contributed by atoms with Gasteiger partial charge in [0, 0.05) is 6.54 Å². The van der Waals surface area contributed by atoms with Gasteiger partial charge in [0.1, 0.15) is 5.82 Å². The Balaban J connectivity index is 2.14. The molecule has 0 aromatic heterocycles. The molecule has 0 radical (unpaired) electrons. The van der Waals surface area contributed by atoms with Gasteiger partial charge in [0.05, 0.1) is 9.26 Å². The summed E-state index contributed by atoms with van der Waals surface area (Å²) in [6.07, 6.45) is 0. The van der Waals surface area contributed by atoms with Crippen molar-refractivity contribution < 1.29 is 4.39 Å². The molecule has 18 heavy (non-hydrogen) atoms. The molecule has 0 atom stereocenters. The van der Waals surface area contributed by atoms with Gasteiger partial charge in [-0.2, -0.15) is 0 Å². The quantitative estimate of drug-likeness (QED) is 0.790. The molecule has 0 amide bonds. The second-order valence-corrected chi connectivity index (χ2v) is 5.53. The predicted molar refractivity (Wildman–Crippen MR) is 82.4 cm³/mol. The summed E-state index contributed by atoms with van der Waals surface area (Å²) in [6.45, 7) is 4.88. The lowest BCUT2D eigenvalue weighted by Gasteiger charge is -2.10. The van der Waals surface area contributed by atoms with Crippen LogP contribution in [0.4, 0.5) is 10.1 Å². The number of hydrogen-bond donors (Lipinski definition) is 1. The molecule has 0 heterocycles. The van der Waals surface area contributed by atoms with Gasteiger partial charge < -0.3 is 5.32 Å². The maximum absolute atomic E-state index is 13.4. The smallest absolute Gasteiger partial charge is 0.138 e. The van der Waals surface area contributed by atoms with E-state index in [4.69, 9.17) is 0 Å². The number of hydrogen-bond acceptors (Lipinski definition) is 1. The molecule has 1 N–H and O–H groups in total. The first-order valence-corrected chi connectivity index (χ1v) is 6.89. The highest BCUT2D eigenvalue weighted by Crippen LogP contribution is 2.21. The van der Waals surface area contributed by atoms with E-state index in [-0.39, 0.29) is 5.82 Å². The highest BCUT2D eigenvalue weighted by molar-refractivity contribution is 14.1. The van der Waals surface area contributed by atoms with Crippen LogP contribution in [0, 0.1) is 23.2 Å². The average molecular weight is 355 g/mol. The van der Waals surface area contributed by atoms with Crippen molar-refractivity contribution in [3.63, 3.8) is 0 Å². The Bertz CT molecular complexity index is 546. The monoisotopic (exact) mass is 355 g/mol. The summed E-state index contributed by atoms with van der Waals surface area (Å²) in [5, 5.41) is 3.28. The molecule has 0 unspecified atom stereocenters. The minimum absolute atomic E-state index is 0.180. The second kappa shape index (κ2) is 5.69. The molecule has 2 rings (SSSR count). The van der Waals surface area contributed by atoms with Gasteiger partial charge in [-0.05, 0) is 54.1 Å². The molecule has 2 aromatic carbocycles. The van der Waals surface area contributed by atoms with Crippen LogP contribution in [-0.4, -0.2) is 0 Å². The van der Waals surface area contributed by atoms with E-state index < -0.39 is 0 Å². The Morgan fingerprint density at radius 1 is 1.11 bits per heavy atom. The summed E-state index contributed by atoms with van der Waals surface area (Å²) < 4.78 is 14.0. The van der Waals surface area contributed by atoms with Gasteiger partial charge >= 0.3 is 0 Å². The topological polar surface area (TPSA) is 12.0 Å². The molecule has 1 nitrogen and oxygen atoms in total. The standard InChI is InChI=1S/C15H15FIN/c1-10-6-11(2)8-12(7-10)9-18-14-5-3-4-13(16)15(14)17/h3-8,18H,9H2,1-2H3. The van der Waals surface area contributed by atoms with Crippen molar-refractivity contribution in [2.45, 2.75) is 20.4 Å². The minimum atomic E-state index is -0.180. The van der Waals surface area contributed by atoms with Gasteiger partial charge in [-0.15, -0.1) is 0 Å². The van der Waals surface area contributed by atoms with Crippen molar-refractivity contribution in [1.82, 2.24) is 0 Å². The molecule has 0 aliphatic heterocycles. The molecule has 0 fully saturated rings. The summed E-state index contributed by atoms with van der Waals surface area (Å²) in [4.78, 5) is 0. The molecular weight excluding hydrogens is 340 g/mol. The van der Waals surface area contributed by atoms with Gasteiger partial charge in [0.2, 0.25) is 0 Å². The maximum Gasteiger partial charge on any atom is 0.138 e. The van der Waals surface area contributed by atoms with Crippen LogP contribution < -0.4 is 5.32 Å². The van der Waals surface area contributed by atoms with E-state index in [0.717, 1.165) is 5.69 Å². The number of nitrogens with one attached hydrogen (secondary N) is 1. The average Bonchev–Trinajstić information content (AvgIpc) is 2.30. The van der Waals surface area contributed by atoms with E-state index >= 15 is 0 Å². The molecule has 0 aliphatic rings. The van der Waals surface area contributed by atoms with Crippen molar-refractivity contribution in [2.24, 2.45) is 0 Å². The van der Waals surface area contributed by atoms with E-state index in [1.54, 1.807) is 6.07 Å². The first-order chi connectivity index (χ1) is 8.56. The maximum atomic E-state index is 13.4. The Kier molecular flexibility index (Phi) is 4.22. The third kappa shape index (κ3) is 3.22. The molecule has 0 bridgehead atoms. The van der Waals surface area contributed by atoms with Crippen LogP contribution in [0.25, 0.3) is 0 Å². The highest BCUT2D eigenvalue weighted by atomic mass is 127. The van der Waals surface area contributed by atoms with Crippen LogP contribution in [0.5, 0.6) is 0 Å². The van der Waals surface area contributed by atoms with Gasteiger partial charge in [-0.1, -0.05) is 35.4 Å². The lowest BCUT2D eigenvalue weighted by Crippen LogP contribution is -2.02. The largest absolute Gasteiger partial charge is 0.380 e. The van der Waals surface area contributed by atoms with E-state index in [2.05, 4.69) is 37.4 Å². The van der Waals surface area contributed by atoms with E-state index in [9.17, 15) is 4.39 Å². The molecule has 94 valence electrons. The van der Waals surface area contributed by atoms with Crippen LogP contribution >= 0.6 is 22.6 Å². The first-order valence-electron chi connectivity index (χ1n) is 5.81. The summed E-state index contributed by atoms with van der Waals surface area (Å²) in [5.74, 6) is -0.180. The first kappa shape index (κ1) is 13.3. The van der Waals surface area contributed by atoms with Crippen LogP contribution in [0.3, 0.4) is 0 Å². The van der Waals surface area contributed by atoms with Crippen LogP contribution in [0.15, 0.2) is 36.4 Å². The zero-order valence-corrected chi connectivity index (χ0v) is 12.6. The van der Waals surface area contributed by atoms with Gasteiger partial charge in [-0.25, -0.2) is 4.39 Å². The van der Waals surface area contributed by atoms with E-state index in [1.165, 1.54) is 22.8 Å². The summed E-state index contributed by atoms with van der Waals surface area (Å²) >= 11 is 2.02. The van der Waals surface area contributed by atoms with Gasteiger partial charge in [0.15, 0.2) is 0 Å². The number of benzene rings is 2. The Hall–Kier alpha value is -1.10. The van der Waals surface area contributed by atoms with Crippen molar-refractivity contribution >= 4 is 28.3 Å². The lowest BCUT2D eigenvalue weighted by molar-refractivity contribution is 0.621. The highest BCUT2D eigenvalue weighted by Gasteiger charge is 2.04. The van der Waals surface area contributed by atoms with Crippen molar-refractivity contribution in [1.29, 1.82) is 0 Å². The second-order valence-electron chi connectivity index (χ2n) is 4.45. The zero-order valence-electron chi connectivity index (χ0n) is 10.4. The van der Waals surface area contributed by atoms with Crippen LogP contribution in [-0.2, 0) is 6.54 Å². The van der Waals surface area contributed by atoms with Crippen LogP contribution in [0.2, 0.25) is 0 Å². The molecule has 0 spiro atoms. The fraction of sp³-hybridized carbons (Fsp3) is 0.200. The number of aryl methyl sites for hydroxylation is 2. The molecule has 2 aromatic rings. The SMILES string of the molecule is Cc1cc(C)cc(CNc2cccc(F)c2I)c1.